The SMILES string of the molecule is C#CCC(C)C.COC(=O)Oc1cc(N)c(C#CCC(C)C)cc1C1CCCC1.COC(=O)Oc1cc([N+](=O)[O-])c(Br)cc1C1CCCC1.COC(=O)Oc1cc([N+](=O)[O-])c(C#CCC(C)C)cc1C1CCCC1.[Zn]. The van der Waals surface area contributed by atoms with E-state index >= 15 is 0 Å². The third-order valence-electron chi connectivity index (χ3n) is 12.2. The van der Waals surface area contributed by atoms with E-state index in [1.807, 2.05) is 19.9 Å². The molecule has 75 heavy (non-hydrogen) atoms. The Morgan fingerprint density at radius 2 is 0.920 bits per heavy atom. The molecule has 0 bridgehead atoms. The van der Waals surface area contributed by atoms with Gasteiger partial charge in [0.1, 0.15) is 22.8 Å². The number of nitrogen functional groups attached to an aromatic ring is 1. The number of benzene rings is 3. The second-order valence-electron chi connectivity index (χ2n) is 19.5. The molecule has 0 unspecified atom stereocenters. The zero-order chi connectivity index (χ0) is 54.9. The number of hydrogen-bond donors (Lipinski definition) is 1. The standard InChI is InChI=1S/C19H23NO5.C19H25NO3.C13H14BrNO5.C6H10.Zn/c1-13(2)7-6-10-15-11-16(14-8-4-5-9-14)18(25-19(21)24-3)12-17(15)20(22)23;1-13(2)7-6-10-15-11-16(14-8-4-5-9-14)18(12-17(15)20)23-19(21)22-3;1-19-13(16)20-12-7-11(15(17)18)10(14)6-9(12)8-4-2-3-5-8;1-4-5-6(2)3;/h11-14H,4-5,7-9H2,1-3H3;11-14H,4-5,7-9,20H2,1-3H3;6-8H,2-5H2,1H3;1,6H,5H2,2-3H3;. The van der Waals surface area contributed by atoms with Crippen LogP contribution in [0.15, 0.2) is 40.9 Å². The van der Waals surface area contributed by atoms with E-state index in [0.717, 1.165) is 99.3 Å². The number of nitro groups is 2. The molecule has 0 spiro atoms. The van der Waals surface area contributed by atoms with E-state index < -0.39 is 28.3 Å². The van der Waals surface area contributed by atoms with E-state index in [4.69, 9.17) is 26.4 Å². The molecule has 0 radical (unpaired) electrons. The molecule has 0 amide bonds. The molecule has 0 aliphatic heterocycles. The van der Waals surface area contributed by atoms with Gasteiger partial charge in [0, 0.05) is 50.4 Å². The smallest absolute Gasteiger partial charge is 0.437 e. The molecule has 402 valence electrons. The maximum absolute atomic E-state index is 11.5. The van der Waals surface area contributed by atoms with Crippen molar-refractivity contribution in [3.05, 3.63) is 88.9 Å². The van der Waals surface area contributed by atoms with Crippen LogP contribution in [0.5, 0.6) is 17.2 Å². The van der Waals surface area contributed by atoms with Crippen molar-refractivity contribution in [3.8, 4) is 53.3 Å². The van der Waals surface area contributed by atoms with Gasteiger partial charge in [-0.05, 0) is 125 Å². The minimum absolute atomic E-state index is 0. The second kappa shape index (κ2) is 33.7. The zero-order valence-electron chi connectivity index (χ0n) is 45.0. The van der Waals surface area contributed by atoms with Crippen LogP contribution in [-0.4, -0.2) is 49.6 Å². The van der Waals surface area contributed by atoms with Gasteiger partial charge in [-0.25, -0.2) is 14.4 Å². The first-order chi connectivity index (χ1) is 35.2. The average Bonchev–Trinajstić information content (AvgIpc) is 4.19. The summed E-state index contributed by atoms with van der Waals surface area (Å²) in [6.45, 7) is 12.6. The predicted octanol–water partition coefficient (Wildman–Crippen LogP) is 15.1. The summed E-state index contributed by atoms with van der Waals surface area (Å²) in [6.07, 6.45) is 17.8. The van der Waals surface area contributed by atoms with Crippen molar-refractivity contribution >= 4 is 51.5 Å². The van der Waals surface area contributed by atoms with Gasteiger partial charge in [-0.15, -0.1) is 12.3 Å². The third-order valence-corrected chi connectivity index (χ3v) is 12.9. The van der Waals surface area contributed by atoms with Gasteiger partial charge in [0.05, 0.1) is 53.5 Å². The molecule has 0 aromatic heterocycles. The van der Waals surface area contributed by atoms with Gasteiger partial charge < -0.3 is 34.2 Å². The fourth-order valence-corrected chi connectivity index (χ4v) is 9.02. The average molecular weight is 1150 g/mol. The number of carbonyl (C=O) groups excluding carboxylic acids is 3. The number of nitro benzene ring substituents is 2. The van der Waals surface area contributed by atoms with Crippen LogP contribution in [0.2, 0.25) is 0 Å². The second-order valence-corrected chi connectivity index (χ2v) is 20.3. The van der Waals surface area contributed by atoms with Crippen LogP contribution in [0.4, 0.5) is 31.4 Å². The van der Waals surface area contributed by atoms with Gasteiger partial charge in [0.25, 0.3) is 11.4 Å². The Morgan fingerprint density at radius 1 is 0.587 bits per heavy atom. The van der Waals surface area contributed by atoms with Crippen LogP contribution in [0.25, 0.3) is 0 Å². The van der Waals surface area contributed by atoms with Crippen LogP contribution in [0.3, 0.4) is 0 Å². The Labute approximate surface area is 463 Å². The van der Waals surface area contributed by atoms with E-state index in [9.17, 15) is 34.6 Å². The molecule has 3 fully saturated rings. The van der Waals surface area contributed by atoms with Crippen molar-refractivity contribution in [3.63, 3.8) is 0 Å². The molecular formula is C57H72BrN3O13Zn. The van der Waals surface area contributed by atoms with E-state index in [1.165, 1.54) is 46.3 Å². The summed E-state index contributed by atoms with van der Waals surface area (Å²) in [7, 11) is 3.70. The predicted molar refractivity (Wildman–Crippen MR) is 288 cm³/mol. The zero-order valence-corrected chi connectivity index (χ0v) is 49.5. The molecule has 18 heteroatoms. The van der Waals surface area contributed by atoms with E-state index in [2.05, 4.69) is 87.4 Å². The van der Waals surface area contributed by atoms with Crippen LogP contribution in [0, 0.1) is 74.0 Å². The topological polar surface area (TPSA) is 219 Å². The number of methoxy groups -OCH3 is 3. The number of anilines is 1. The van der Waals surface area contributed by atoms with Crippen LogP contribution >= 0.6 is 15.9 Å². The van der Waals surface area contributed by atoms with Crippen molar-refractivity contribution in [2.45, 2.75) is 156 Å². The van der Waals surface area contributed by atoms with Crippen LogP contribution < -0.4 is 19.9 Å². The number of rotatable bonds is 11. The van der Waals surface area contributed by atoms with Crippen molar-refractivity contribution < 1.29 is 72.1 Å². The fourth-order valence-electron chi connectivity index (χ4n) is 8.52. The molecule has 6 rings (SSSR count). The van der Waals surface area contributed by atoms with Crippen molar-refractivity contribution in [1.82, 2.24) is 0 Å². The van der Waals surface area contributed by atoms with Gasteiger partial charge in [0.2, 0.25) is 0 Å². The molecule has 3 aromatic rings. The molecule has 0 atom stereocenters. The number of nitrogens with two attached hydrogens (primary N) is 1. The monoisotopic (exact) mass is 1150 g/mol. The number of nitrogens with zero attached hydrogens (tertiary/aromatic N) is 2. The number of ether oxygens (including phenoxy) is 6. The van der Waals surface area contributed by atoms with E-state index in [-0.39, 0.29) is 54.2 Å². The Balaban J connectivity index is 0.000000364. The molecular weight excluding hydrogens is 1080 g/mol. The fraction of sp³-hybridized carbons (Fsp3) is 0.526. The summed E-state index contributed by atoms with van der Waals surface area (Å²) >= 11 is 3.20. The van der Waals surface area contributed by atoms with E-state index in [1.54, 1.807) is 18.2 Å². The summed E-state index contributed by atoms with van der Waals surface area (Å²) in [6, 6.07) is 9.63. The van der Waals surface area contributed by atoms with Crippen LogP contribution in [-0.2, 0) is 33.7 Å². The van der Waals surface area contributed by atoms with Crippen molar-refractivity contribution in [2.75, 3.05) is 27.1 Å². The Bertz CT molecular complexity index is 2570. The van der Waals surface area contributed by atoms with Gasteiger partial charge in [-0.2, -0.15) is 0 Å². The van der Waals surface area contributed by atoms with E-state index in [0.29, 0.717) is 51.6 Å². The quantitative estimate of drug-likeness (QED) is 0.0276. The minimum Gasteiger partial charge on any atom is -0.437 e. The Kier molecular flexibility index (Phi) is 29.2. The Hall–Kier alpha value is -6.15. The van der Waals surface area contributed by atoms with Gasteiger partial charge in [-0.1, -0.05) is 104 Å². The molecule has 16 nitrogen and oxygen atoms in total. The summed E-state index contributed by atoms with van der Waals surface area (Å²) < 4.78 is 29.5. The van der Waals surface area contributed by atoms with Crippen molar-refractivity contribution in [1.29, 1.82) is 0 Å². The largest absolute Gasteiger partial charge is 0.513 e. The number of halogens is 1. The first-order valence-corrected chi connectivity index (χ1v) is 25.9. The number of terminal acetylenes is 1. The minimum atomic E-state index is -0.882. The van der Waals surface area contributed by atoms with Gasteiger partial charge in [0.15, 0.2) is 0 Å². The van der Waals surface area contributed by atoms with Crippen molar-refractivity contribution in [2.24, 2.45) is 17.8 Å². The molecule has 2 N–H and O–H groups in total. The number of carbonyl (C=O) groups is 3. The first kappa shape index (κ1) is 65.0. The molecule has 3 aromatic carbocycles. The summed E-state index contributed by atoms with van der Waals surface area (Å²) in [5, 5.41) is 22.4. The van der Waals surface area contributed by atoms with Gasteiger partial charge >= 0.3 is 18.5 Å². The third kappa shape index (κ3) is 21.9. The maximum Gasteiger partial charge on any atom is 0.513 e. The first-order valence-electron chi connectivity index (χ1n) is 25.1. The van der Waals surface area contributed by atoms with Crippen LogP contribution in [0.1, 0.15) is 183 Å². The molecule has 0 saturated heterocycles. The molecule has 3 aliphatic carbocycles. The molecule has 3 aliphatic rings. The maximum atomic E-state index is 11.5. The van der Waals surface area contributed by atoms with Gasteiger partial charge in [-0.3, -0.25) is 20.2 Å². The summed E-state index contributed by atoms with van der Waals surface area (Å²) in [5.41, 5.74) is 10.1. The summed E-state index contributed by atoms with van der Waals surface area (Å²) in [5.74, 6) is 18.2. The molecule has 3 saturated carbocycles. The Morgan fingerprint density at radius 3 is 1.25 bits per heavy atom. The normalized spacial score (nSPS) is 13.8. The molecule has 0 heterocycles. The number of hydrogen-bond acceptors (Lipinski definition) is 14. The summed E-state index contributed by atoms with van der Waals surface area (Å²) in [4.78, 5) is 55.7.